The van der Waals surface area contributed by atoms with Gasteiger partial charge in [0, 0.05) is 24.6 Å². The van der Waals surface area contributed by atoms with Crippen molar-refractivity contribution in [2.24, 2.45) is 5.92 Å². The van der Waals surface area contributed by atoms with Crippen molar-refractivity contribution in [2.45, 2.75) is 26.3 Å². The van der Waals surface area contributed by atoms with Crippen LogP contribution >= 0.6 is 0 Å². The Morgan fingerprint density at radius 1 is 1.21 bits per heavy atom. The number of carbonyl (C=O) groups is 1. The Morgan fingerprint density at radius 2 is 2.10 bits per heavy atom. The first kappa shape index (κ1) is 19.2. The average molecular weight is 390 g/mol. The van der Waals surface area contributed by atoms with Gasteiger partial charge in [-0.05, 0) is 49.1 Å². The molecule has 1 amide bonds. The van der Waals surface area contributed by atoms with E-state index in [9.17, 15) is 4.79 Å². The van der Waals surface area contributed by atoms with Crippen LogP contribution in [0.5, 0.6) is 5.75 Å². The van der Waals surface area contributed by atoms with Gasteiger partial charge in [-0.25, -0.2) is 9.67 Å². The highest BCUT2D eigenvalue weighted by atomic mass is 16.5. The predicted molar refractivity (Wildman–Crippen MR) is 111 cm³/mol. The third-order valence-electron chi connectivity index (χ3n) is 5.36. The molecule has 2 aromatic carbocycles. The standard InChI is InChI=1S/C23H26N4O2/c1-18-6-2-3-10-22(18)29-15-20-8-5-11-26(13-20)23(28)21-9-4-7-19(12-21)14-27-17-24-16-25-27/h2-4,6-7,9-10,12,16-17,20H,5,8,11,13-15H2,1H3/t20-/m1/s1. The van der Waals surface area contributed by atoms with Crippen LogP contribution in [0.1, 0.15) is 34.3 Å². The van der Waals surface area contributed by atoms with Crippen molar-refractivity contribution < 1.29 is 9.53 Å². The van der Waals surface area contributed by atoms with E-state index in [0.717, 1.165) is 48.4 Å². The molecular formula is C23H26N4O2. The first-order valence-electron chi connectivity index (χ1n) is 10.1. The fourth-order valence-corrected chi connectivity index (χ4v) is 3.80. The highest BCUT2D eigenvalue weighted by Gasteiger charge is 2.25. The Kier molecular flexibility index (Phi) is 5.89. The van der Waals surface area contributed by atoms with Crippen LogP contribution in [0.2, 0.25) is 0 Å². The lowest BCUT2D eigenvalue weighted by Crippen LogP contribution is -2.41. The molecule has 1 aliphatic rings. The van der Waals surface area contributed by atoms with E-state index >= 15 is 0 Å². The number of nitrogens with zero attached hydrogens (tertiary/aromatic N) is 4. The molecule has 2 heterocycles. The fraction of sp³-hybridized carbons (Fsp3) is 0.348. The first-order valence-corrected chi connectivity index (χ1v) is 10.1. The van der Waals surface area contributed by atoms with Gasteiger partial charge in [-0.2, -0.15) is 5.10 Å². The zero-order valence-corrected chi connectivity index (χ0v) is 16.7. The van der Waals surface area contributed by atoms with Crippen molar-refractivity contribution in [2.75, 3.05) is 19.7 Å². The molecule has 0 bridgehead atoms. The van der Waals surface area contributed by atoms with Crippen LogP contribution in [-0.2, 0) is 6.54 Å². The minimum Gasteiger partial charge on any atom is -0.493 e. The summed E-state index contributed by atoms with van der Waals surface area (Å²) in [5, 5.41) is 4.13. The second-order valence-corrected chi connectivity index (χ2v) is 7.63. The lowest BCUT2D eigenvalue weighted by Gasteiger charge is -2.33. The molecule has 4 rings (SSSR count). The zero-order valence-electron chi connectivity index (χ0n) is 16.7. The van der Waals surface area contributed by atoms with Gasteiger partial charge in [0.25, 0.3) is 5.91 Å². The van der Waals surface area contributed by atoms with Gasteiger partial charge in [0.15, 0.2) is 0 Å². The number of ether oxygens (including phenoxy) is 1. The summed E-state index contributed by atoms with van der Waals surface area (Å²) in [5.74, 6) is 1.37. The fourth-order valence-electron chi connectivity index (χ4n) is 3.80. The maximum atomic E-state index is 13.1. The van der Waals surface area contributed by atoms with Gasteiger partial charge < -0.3 is 9.64 Å². The number of piperidine rings is 1. The number of hydrogen-bond acceptors (Lipinski definition) is 4. The maximum Gasteiger partial charge on any atom is 0.253 e. The SMILES string of the molecule is Cc1ccccc1OC[C@@H]1CCCN(C(=O)c2cccc(Cn3cncn3)c2)C1. The lowest BCUT2D eigenvalue weighted by molar-refractivity contribution is 0.0633. The maximum absolute atomic E-state index is 13.1. The zero-order chi connectivity index (χ0) is 20.1. The highest BCUT2D eigenvalue weighted by molar-refractivity contribution is 5.94. The Balaban J connectivity index is 1.38. The summed E-state index contributed by atoms with van der Waals surface area (Å²) in [6.45, 7) is 4.83. The average Bonchev–Trinajstić information content (AvgIpc) is 3.26. The van der Waals surface area contributed by atoms with Gasteiger partial charge in [0.1, 0.15) is 18.4 Å². The molecule has 0 spiro atoms. The molecule has 0 saturated carbocycles. The van der Waals surface area contributed by atoms with E-state index in [1.807, 2.05) is 47.4 Å². The van der Waals surface area contributed by atoms with Crippen LogP contribution < -0.4 is 4.74 Å². The first-order chi connectivity index (χ1) is 14.2. The van der Waals surface area contributed by atoms with Gasteiger partial charge in [0.05, 0.1) is 13.2 Å². The molecule has 6 nitrogen and oxygen atoms in total. The van der Waals surface area contributed by atoms with E-state index in [0.29, 0.717) is 19.1 Å². The molecule has 1 atom stereocenters. The molecule has 0 unspecified atom stereocenters. The lowest BCUT2D eigenvalue weighted by atomic mass is 9.98. The number of amides is 1. The largest absolute Gasteiger partial charge is 0.493 e. The predicted octanol–water partition coefficient (Wildman–Crippen LogP) is 3.57. The van der Waals surface area contributed by atoms with Gasteiger partial charge in [-0.3, -0.25) is 4.79 Å². The van der Waals surface area contributed by atoms with Crippen molar-refractivity contribution in [3.8, 4) is 5.75 Å². The summed E-state index contributed by atoms with van der Waals surface area (Å²) in [4.78, 5) is 19.0. The summed E-state index contributed by atoms with van der Waals surface area (Å²) >= 11 is 0. The number of aromatic nitrogens is 3. The number of aryl methyl sites for hydroxylation is 1. The molecule has 0 aliphatic carbocycles. The molecule has 0 N–H and O–H groups in total. The number of rotatable bonds is 6. The van der Waals surface area contributed by atoms with Gasteiger partial charge in [-0.15, -0.1) is 0 Å². The number of benzene rings is 2. The summed E-state index contributed by atoms with van der Waals surface area (Å²) in [5.41, 5.74) is 2.90. The van der Waals surface area contributed by atoms with Crippen molar-refractivity contribution in [3.63, 3.8) is 0 Å². The van der Waals surface area contributed by atoms with Crippen LogP contribution in [0.25, 0.3) is 0 Å². The van der Waals surface area contributed by atoms with Crippen LogP contribution in [-0.4, -0.2) is 45.3 Å². The van der Waals surface area contributed by atoms with Crippen molar-refractivity contribution in [1.82, 2.24) is 19.7 Å². The van der Waals surface area contributed by atoms with Gasteiger partial charge in [-0.1, -0.05) is 30.3 Å². The quantitative estimate of drug-likeness (QED) is 0.646. The monoisotopic (exact) mass is 390 g/mol. The van der Waals surface area contributed by atoms with E-state index in [4.69, 9.17) is 4.74 Å². The normalized spacial score (nSPS) is 16.6. The Morgan fingerprint density at radius 3 is 2.93 bits per heavy atom. The number of hydrogen-bond donors (Lipinski definition) is 0. The molecule has 1 saturated heterocycles. The highest BCUT2D eigenvalue weighted by Crippen LogP contribution is 2.22. The number of likely N-dealkylation sites (tertiary alicyclic amines) is 1. The van der Waals surface area contributed by atoms with Gasteiger partial charge in [0.2, 0.25) is 0 Å². The Labute approximate surface area is 171 Å². The third-order valence-corrected chi connectivity index (χ3v) is 5.36. The van der Waals surface area contributed by atoms with E-state index in [1.54, 1.807) is 11.0 Å². The molecule has 29 heavy (non-hydrogen) atoms. The van der Waals surface area contributed by atoms with Crippen LogP contribution in [0.15, 0.2) is 61.2 Å². The van der Waals surface area contributed by atoms with E-state index in [2.05, 4.69) is 23.1 Å². The molecular weight excluding hydrogens is 364 g/mol. The van der Waals surface area contributed by atoms with Crippen molar-refractivity contribution in [1.29, 1.82) is 0 Å². The molecule has 0 radical (unpaired) electrons. The van der Waals surface area contributed by atoms with E-state index < -0.39 is 0 Å². The molecule has 150 valence electrons. The molecule has 3 aromatic rings. The van der Waals surface area contributed by atoms with Gasteiger partial charge >= 0.3 is 0 Å². The van der Waals surface area contributed by atoms with Crippen LogP contribution in [0.3, 0.4) is 0 Å². The van der Waals surface area contributed by atoms with E-state index in [-0.39, 0.29) is 5.91 Å². The topological polar surface area (TPSA) is 60.2 Å². The van der Waals surface area contributed by atoms with Crippen molar-refractivity contribution in [3.05, 3.63) is 77.9 Å². The summed E-state index contributed by atoms with van der Waals surface area (Å²) in [7, 11) is 0. The summed E-state index contributed by atoms with van der Waals surface area (Å²) in [6.07, 6.45) is 5.29. The third kappa shape index (κ3) is 4.83. The number of carbonyl (C=O) groups excluding carboxylic acids is 1. The molecule has 6 heteroatoms. The van der Waals surface area contributed by atoms with Crippen LogP contribution in [0.4, 0.5) is 0 Å². The van der Waals surface area contributed by atoms with Crippen LogP contribution in [0, 0.1) is 12.8 Å². The smallest absolute Gasteiger partial charge is 0.253 e. The van der Waals surface area contributed by atoms with E-state index in [1.165, 1.54) is 6.33 Å². The summed E-state index contributed by atoms with van der Waals surface area (Å²) < 4.78 is 7.79. The number of para-hydroxylation sites is 1. The molecule has 1 fully saturated rings. The Bertz CT molecular complexity index is 955. The second kappa shape index (κ2) is 8.90. The Hall–Kier alpha value is -3.15. The minimum atomic E-state index is 0.0889. The molecule has 1 aliphatic heterocycles. The van der Waals surface area contributed by atoms with Crippen molar-refractivity contribution >= 4 is 5.91 Å². The minimum absolute atomic E-state index is 0.0889. The summed E-state index contributed by atoms with van der Waals surface area (Å²) in [6, 6.07) is 15.8. The molecule has 1 aromatic heterocycles. The second-order valence-electron chi connectivity index (χ2n) is 7.63.